The highest BCUT2D eigenvalue weighted by molar-refractivity contribution is 5.16. The predicted octanol–water partition coefficient (Wildman–Crippen LogP) is 4.47. The van der Waals surface area contributed by atoms with Crippen LogP contribution in [0.4, 0.5) is 0 Å². The van der Waals surface area contributed by atoms with Gasteiger partial charge in [0, 0.05) is 6.04 Å². The van der Waals surface area contributed by atoms with Gasteiger partial charge in [-0.15, -0.1) is 0 Å². The molecule has 1 aliphatic rings. The van der Waals surface area contributed by atoms with Gasteiger partial charge in [0.2, 0.25) is 0 Å². The van der Waals surface area contributed by atoms with Crippen molar-refractivity contribution < 1.29 is 0 Å². The summed E-state index contributed by atoms with van der Waals surface area (Å²) in [5.74, 6) is 1.69. The Labute approximate surface area is 109 Å². The zero-order chi connectivity index (χ0) is 13.3. The molecule has 0 radical (unpaired) electrons. The van der Waals surface area contributed by atoms with Crippen LogP contribution in [-0.4, -0.2) is 12.6 Å². The Bertz CT molecular complexity index is 228. The Kier molecular flexibility index (Phi) is 4.68. The van der Waals surface area contributed by atoms with Gasteiger partial charge in [0.1, 0.15) is 0 Å². The van der Waals surface area contributed by atoms with Crippen LogP contribution in [0.25, 0.3) is 0 Å². The molecule has 0 aliphatic heterocycles. The fourth-order valence-corrected chi connectivity index (χ4v) is 3.52. The molecule has 0 aromatic carbocycles. The lowest BCUT2D eigenvalue weighted by Gasteiger charge is -2.24. The van der Waals surface area contributed by atoms with Crippen LogP contribution in [0.1, 0.15) is 67.7 Å². The molecule has 1 aliphatic carbocycles. The van der Waals surface area contributed by atoms with Crippen LogP contribution in [0, 0.1) is 22.7 Å². The molecule has 1 saturated carbocycles. The Morgan fingerprint density at radius 1 is 1.06 bits per heavy atom. The molecule has 1 nitrogen and oxygen atoms in total. The summed E-state index contributed by atoms with van der Waals surface area (Å²) in [5, 5.41) is 3.81. The van der Waals surface area contributed by atoms with Crippen molar-refractivity contribution in [1.82, 2.24) is 5.32 Å². The second-order valence-corrected chi connectivity index (χ2v) is 7.23. The van der Waals surface area contributed by atoms with E-state index in [1.165, 1.54) is 25.8 Å². The zero-order valence-electron chi connectivity index (χ0n) is 13.1. The molecule has 0 aromatic heterocycles. The summed E-state index contributed by atoms with van der Waals surface area (Å²) < 4.78 is 0. The van der Waals surface area contributed by atoms with Gasteiger partial charge in [-0.25, -0.2) is 0 Å². The summed E-state index contributed by atoms with van der Waals surface area (Å²) in [5.41, 5.74) is 1.01. The largest absolute Gasteiger partial charge is 0.314 e. The van der Waals surface area contributed by atoms with Gasteiger partial charge in [-0.2, -0.15) is 0 Å². The monoisotopic (exact) mass is 239 g/mol. The topological polar surface area (TPSA) is 12.0 Å². The Hall–Kier alpha value is -0.0400. The van der Waals surface area contributed by atoms with Crippen LogP contribution in [0.5, 0.6) is 0 Å². The van der Waals surface area contributed by atoms with E-state index in [-0.39, 0.29) is 0 Å². The average Bonchev–Trinajstić information content (AvgIpc) is 2.64. The Morgan fingerprint density at radius 2 is 1.59 bits per heavy atom. The lowest BCUT2D eigenvalue weighted by molar-refractivity contribution is 0.326. The van der Waals surface area contributed by atoms with Crippen molar-refractivity contribution in [3.05, 3.63) is 0 Å². The van der Waals surface area contributed by atoms with E-state index < -0.39 is 0 Å². The van der Waals surface area contributed by atoms with Gasteiger partial charge in [-0.05, 0) is 42.1 Å². The lowest BCUT2D eigenvalue weighted by Crippen LogP contribution is -2.35. The van der Waals surface area contributed by atoms with Crippen molar-refractivity contribution in [2.24, 2.45) is 22.7 Å². The Morgan fingerprint density at radius 3 is 1.94 bits per heavy atom. The summed E-state index contributed by atoms with van der Waals surface area (Å²) in [4.78, 5) is 0. The Balaban J connectivity index is 2.65. The van der Waals surface area contributed by atoms with Crippen LogP contribution in [0.3, 0.4) is 0 Å². The van der Waals surface area contributed by atoms with Crippen LogP contribution in [0.15, 0.2) is 0 Å². The molecule has 1 fully saturated rings. The second kappa shape index (κ2) is 5.30. The first-order chi connectivity index (χ1) is 7.79. The maximum absolute atomic E-state index is 3.81. The van der Waals surface area contributed by atoms with Gasteiger partial charge in [0.05, 0.1) is 0 Å². The summed E-state index contributed by atoms with van der Waals surface area (Å²) in [6, 6.07) is 0.717. The molecule has 1 rings (SSSR count). The van der Waals surface area contributed by atoms with Crippen LogP contribution in [-0.2, 0) is 0 Å². The summed E-state index contributed by atoms with van der Waals surface area (Å²) in [7, 11) is 0. The first kappa shape index (κ1) is 15.0. The third-order valence-corrected chi connectivity index (χ3v) is 5.54. The van der Waals surface area contributed by atoms with Crippen molar-refractivity contribution in [1.29, 1.82) is 0 Å². The van der Waals surface area contributed by atoms with Gasteiger partial charge in [0.15, 0.2) is 0 Å². The highest BCUT2D eigenvalue weighted by Crippen LogP contribution is 2.70. The molecule has 102 valence electrons. The van der Waals surface area contributed by atoms with Gasteiger partial charge in [-0.1, -0.05) is 54.9 Å². The summed E-state index contributed by atoms with van der Waals surface area (Å²) >= 11 is 0. The first-order valence-electron chi connectivity index (χ1n) is 7.52. The van der Waals surface area contributed by atoms with Crippen molar-refractivity contribution in [2.45, 2.75) is 73.8 Å². The van der Waals surface area contributed by atoms with E-state index >= 15 is 0 Å². The predicted molar refractivity (Wildman–Crippen MR) is 77.2 cm³/mol. The molecule has 0 aromatic rings. The van der Waals surface area contributed by atoms with E-state index in [0.717, 1.165) is 17.9 Å². The van der Waals surface area contributed by atoms with E-state index in [1.807, 2.05) is 0 Å². The van der Waals surface area contributed by atoms with E-state index in [9.17, 15) is 0 Å². The minimum absolute atomic E-state index is 0.506. The number of rotatable bonds is 7. The normalized spacial score (nSPS) is 25.6. The standard InChI is InChI=1S/C16H33N/c1-8-10-17-13(11-12(3)9-2)14-15(4,5)16(14,6)7/h12-14,17H,8-11H2,1-7H3. The van der Waals surface area contributed by atoms with Gasteiger partial charge in [-0.3, -0.25) is 0 Å². The molecular formula is C16H33N. The highest BCUT2D eigenvalue weighted by atomic mass is 15.0. The van der Waals surface area contributed by atoms with Gasteiger partial charge < -0.3 is 5.32 Å². The fraction of sp³-hybridized carbons (Fsp3) is 1.00. The average molecular weight is 239 g/mol. The third-order valence-electron chi connectivity index (χ3n) is 5.54. The smallest absolute Gasteiger partial charge is 0.0108 e. The molecule has 0 heterocycles. The third kappa shape index (κ3) is 2.86. The number of nitrogens with one attached hydrogen (secondary N) is 1. The quantitative estimate of drug-likeness (QED) is 0.691. The number of hydrogen-bond acceptors (Lipinski definition) is 1. The van der Waals surface area contributed by atoms with Crippen molar-refractivity contribution in [3.63, 3.8) is 0 Å². The molecule has 2 unspecified atom stereocenters. The maximum atomic E-state index is 3.81. The maximum Gasteiger partial charge on any atom is 0.0108 e. The molecule has 0 amide bonds. The van der Waals surface area contributed by atoms with Crippen LogP contribution in [0.2, 0.25) is 0 Å². The zero-order valence-corrected chi connectivity index (χ0v) is 13.1. The highest BCUT2D eigenvalue weighted by Gasteiger charge is 2.66. The molecule has 17 heavy (non-hydrogen) atoms. The minimum atomic E-state index is 0.506. The molecule has 0 bridgehead atoms. The van der Waals surface area contributed by atoms with Crippen molar-refractivity contribution >= 4 is 0 Å². The van der Waals surface area contributed by atoms with Gasteiger partial charge in [0.25, 0.3) is 0 Å². The second-order valence-electron chi connectivity index (χ2n) is 7.23. The van der Waals surface area contributed by atoms with Crippen molar-refractivity contribution in [2.75, 3.05) is 6.54 Å². The molecule has 2 atom stereocenters. The lowest BCUT2D eigenvalue weighted by atomic mass is 9.92. The molecule has 0 spiro atoms. The molecular weight excluding hydrogens is 206 g/mol. The van der Waals surface area contributed by atoms with E-state index in [0.29, 0.717) is 10.8 Å². The molecule has 0 saturated heterocycles. The van der Waals surface area contributed by atoms with Crippen molar-refractivity contribution in [3.8, 4) is 0 Å². The molecule has 1 heteroatoms. The van der Waals surface area contributed by atoms with E-state index in [4.69, 9.17) is 0 Å². The number of hydrogen-bond donors (Lipinski definition) is 1. The fourth-order valence-electron chi connectivity index (χ4n) is 3.52. The summed E-state index contributed by atoms with van der Waals surface area (Å²) in [6.45, 7) is 17.9. The summed E-state index contributed by atoms with van der Waals surface area (Å²) in [6.07, 6.45) is 3.89. The van der Waals surface area contributed by atoms with Crippen LogP contribution >= 0.6 is 0 Å². The van der Waals surface area contributed by atoms with Gasteiger partial charge >= 0.3 is 0 Å². The van der Waals surface area contributed by atoms with E-state index in [2.05, 4.69) is 53.8 Å². The SMILES string of the molecule is CCCNC(CC(C)CC)C1C(C)(C)C1(C)C. The van der Waals surface area contributed by atoms with Crippen LogP contribution < -0.4 is 5.32 Å². The minimum Gasteiger partial charge on any atom is -0.314 e. The molecule has 1 N–H and O–H groups in total. The van der Waals surface area contributed by atoms with E-state index in [1.54, 1.807) is 0 Å². The first-order valence-corrected chi connectivity index (χ1v) is 7.52.